The number of rotatable bonds is 11. The van der Waals surface area contributed by atoms with E-state index >= 15 is 0 Å². The Hall–Kier alpha value is -3.61. The van der Waals surface area contributed by atoms with Crippen molar-refractivity contribution in [1.82, 2.24) is 9.55 Å². The fraction of sp³-hybridized carbons (Fsp3) is 0.436. The van der Waals surface area contributed by atoms with Crippen molar-refractivity contribution in [2.45, 2.75) is 75.3 Å². The number of nitrogens with one attached hydrogen (secondary N) is 1. The van der Waals surface area contributed by atoms with Crippen molar-refractivity contribution in [3.8, 4) is 11.5 Å². The van der Waals surface area contributed by atoms with E-state index in [1.54, 1.807) is 21.1 Å². The number of aromatic nitrogens is 2. The van der Waals surface area contributed by atoms with Crippen LogP contribution in [0, 0.1) is 12.3 Å². The van der Waals surface area contributed by atoms with E-state index in [1.165, 1.54) is 22.5 Å². The average molecular weight is 719 g/mol. The third kappa shape index (κ3) is 5.96. The molecule has 1 aliphatic rings. The number of aliphatic hydroxyl groups is 2. The second-order valence-electron chi connectivity index (χ2n) is 14.6. The number of benzene rings is 3. The molecule has 9 nitrogen and oxygen atoms in total. The fourth-order valence-corrected chi connectivity index (χ4v) is 12.3. The van der Waals surface area contributed by atoms with Crippen LogP contribution in [0.15, 0.2) is 94.6 Å². The molecule has 5 rings (SSSR count). The van der Waals surface area contributed by atoms with Crippen LogP contribution in [0.4, 0.5) is 0 Å². The van der Waals surface area contributed by atoms with E-state index < -0.39 is 60.0 Å². The fourth-order valence-electron chi connectivity index (χ4n) is 8.23. The zero-order chi connectivity index (χ0) is 36.6. The van der Waals surface area contributed by atoms with Crippen molar-refractivity contribution in [3.63, 3.8) is 0 Å². The zero-order valence-electron chi connectivity index (χ0n) is 30.4. The molecule has 4 aromatic rings. The highest BCUT2D eigenvalue weighted by Gasteiger charge is 2.72. The summed E-state index contributed by atoms with van der Waals surface area (Å²) >= 11 is 1.49. The van der Waals surface area contributed by atoms with Crippen LogP contribution in [0.3, 0.4) is 0 Å². The highest BCUT2D eigenvalue weighted by atomic mass is 32.2. The van der Waals surface area contributed by atoms with Crippen molar-refractivity contribution in [1.29, 1.82) is 0 Å². The van der Waals surface area contributed by atoms with Crippen molar-refractivity contribution in [2.24, 2.45) is 5.41 Å². The summed E-state index contributed by atoms with van der Waals surface area (Å²) in [5.74, 6) is 1.60. The highest BCUT2D eigenvalue weighted by molar-refractivity contribution is 7.98. The minimum atomic E-state index is -1.98. The van der Waals surface area contributed by atoms with Crippen LogP contribution in [0.5, 0.6) is 11.5 Å². The summed E-state index contributed by atoms with van der Waals surface area (Å²) < 4.78 is 19.8. The van der Waals surface area contributed by atoms with E-state index in [-0.39, 0.29) is 0 Å². The highest BCUT2D eigenvalue weighted by Crippen LogP contribution is 2.62. The van der Waals surface area contributed by atoms with Gasteiger partial charge in [-0.2, -0.15) is 11.8 Å². The Morgan fingerprint density at radius 2 is 1.42 bits per heavy atom. The topological polar surface area (TPSA) is 123 Å². The minimum absolute atomic E-state index is 0.291. The Morgan fingerprint density at radius 1 is 0.920 bits per heavy atom. The van der Waals surface area contributed by atoms with Gasteiger partial charge in [-0.3, -0.25) is 14.3 Å². The maximum absolute atomic E-state index is 13.8. The lowest BCUT2D eigenvalue weighted by Gasteiger charge is -2.51. The number of thioether (sulfide) groups is 1. The van der Waals surface area contributed by atoms with Crippen LogP contribution in [-0.2, 0) is 15.9 Å². The van der Waals surface area contributed by atoms with E-state index in [0.29, 0.717) is 22.8 Å². The molecular formula is C39H50N2O7SSi. The predicted octanol–water partition coefficient (Wildman–Crippen LogP) is 5.31. The quantitative estimate of drug-likeness (QED) is 0.141. The molecule has 11 heteroatoms. The van der Waals surface area contributed by atoms with Gasteiger partial charge in [0.15, 0.2) is 5.72 Å². The molecule has 3 aromatic carbocycles. The number of hydrogen-bond acceptors (Lipinski definition) is 8. The smallest absolute Gasteiger partial charge is 0.330 e. The van der Waals surface area contributed by atoms with Crippen LogP contribution >= 0.6 is 11.8 Å². The van der Waals surface area contributed by atoms with Crippen molar-refractivity contribution in [3.05, 3.63) is 128 Å². The van der Waals surface area contributed by atoms with E-state index in [9.17, 15) is 19.8 Å². The van der Waals surface area contributed by atoms with E-state index in [4.69, 9.17) is 14.2 Å². The molecule has 1 saturated heterocycles. The van der Waals surface area contributed by atoms with Gasteiger partial charge in [-0.15, -0.1) is 0 Å². The summed E-state index contributed by atoms with van der Waals surface area (Å²) in [6, 6.07) is 24.9. The molecule has 2 unspecified atom stereocenters. The second-order valence-corrected chi connectivity index (χ2v) is 18.7. The Labute approximate surface area is 300 Å². The van der Waals surface area contributed by atoms with Gasteiger partial charge in [-0.25, -0.2) is 4.79 Å². The maximum atomic E-state index is 13.8. The molecule has 0 spiro atoms. The summed E-state index contributed by atoms with van der Waals surface area (Å²) in [5.41, 5.74) is -4.27. The number of ether oxygens (including phenoxy) is 3. The van der Waals surface area contributed by atoms with Gasteiger partial charge in [-0.05, 0) is 59.6 Å². The molecule has 0 saturated carbocycles. The monoisotopic (exact) mass is 718 g/mol. The van der Waals surface area contributed by atoms with Crippen LogP contribution in [0.1, 0.15) is 43.0 Å². The molecule has 5 atom stereocenters. The maximum Gasteiger partial charge on any atom is 0.330 e. The first-order valence-electron chi connectivity index (χ1n) is 16.9. The Bertz CT molecular complexity index is 1840. The molecule has 1 fully saturated rings. The van der Waals surface area contributed by atoms with Gasteiger partial charge in [0.2, 0.25) is 0 Å². The van der Waals surface area contributed by atoms with Crippen LogP contribution < -0.4 is 20.7 Å². The molecule has 0 aliphatic carbocycles. The van der Waals surface area contributed by atoms with E-state index in [2.05, 4.69) is 18.1 Å². The largest absolute Gasteiger partial charge is 0.497 e. The SMILES string of the molecule is COc1ccc(C(c2ccccc2)(c2ccc(OC)cc2)C(O)[C@H]2O[C@@](CSC)(n3cc(C)c(=O)[nH]c3=O)C([SiH](C)C)[C@@]2(O)C(C)(C)C)cc1. The summed E-state index contributed by atoms with van der Waals surface area (Å²) in [7, 11) is 1.23. The predicted molar refractivity (Wildman–Crippen MR) is 203 cm³/mol. The van der Waals surface area contributed by atoms with E-state index in [0.717, 1.165) is 16.7 Å². The number of H-pyrrole nitrogens is 1. The van der Waals surface area contributed by atoms with Gasteiger partial charge >= 0.3 is 5.69 Å². The summed E-state index contributed by atoms with van der Waals surface area (Å²) in [6.45, 7) is 11.8. The molecule has 2 heterocycles. The zero-order valence-corrected chi connectivity index (χ0v) is 32.4. The first kappa shape index (κ1) is 37.6. The van der Waals surface area contributed by atoms with E-state index in [1.807, 2.05) is 106 Å². The molecule has 0 radical (unpaired) electrons. The molecule has 1 aromatic heterocycles. The molecule has 3 N–H and O–H groups in total. The number of aliphatic hydroxyl groups excluding tert-OH is 1. The number of nitrogens with zero attached hydrogens (tertiary/aromatic N) is 1. The van der Waals surface area contributed by atoms with Crippen LogP contribution in [0.25, 0.3) is 0 Å². The van der Waals surface area contributed by atoms with Crippen molar-refractivity contribution in [2.75, 3.05) is 26.2 Å². The first-order valence-corrected chi connectivity index (χ1v) is 21.2. The number of aryl methyl sites for hydroxylation is 1. The lowest BCUT2D eigenvalue weighted by molar-refractivity contribution is -0.177. The van der Waals surface area contributed by atoms with Gasteiger partial charge in [0, 0.05) is 31.9 Å². The van der Waals surface area contributed by atoms with Gasteiger partial charge in [0.1, 0.15) is 29.3 Å². The summed E-state index contributed by atoms with van der Waals surface area (Å²) in [6.07, 6.45) is 0.833. The third-order valence-corrected chi connectivity index (χ3v) is 13.6. The van der Waals surface area contributed by atoms with Crippen molar-refractivity contribution < 1.29 is 24.4 Å². The first-order chi connectivity index (χ1) is 23.6. The molecule has 268 valence electrons. The van der Waals surface area contributed by atoms with Gasteiger partial charge < -0.3 is 24.4 Å². The van der Waals surface area contributed by atoms with Crippen LogP contribution in [-0.4, -0.2) is 72.6 Å². The Kier molecular flexibility index (Phi) is 10.7. The Balaban J connectivity index is 1.92. The number of hydrogen-bond donors (Lipinski definition) is 3. The van der Waals surface area contributed by atoms with Gasteiger partial charge in [0.25, 0.3) is 5.56 Å². The lowest BCUT2D eigenvalue weighted by atomic mass is 9.60. The van der Waals surface area contributed by atoms with Gasteiger partial charge in [0.05, 0.1) is 19.6 Å². The molecular weight excluding hydrogens is 669 g/mol. The second kappa shape index (κ2) is 14.2. The minimum Gasteiger partial charge on any atom is -0.497 e. The number of aromatic amines is 1. The molecule has 1 aliphatic heterocycles. The standard InChI is InChI=1S/C39H50N2O7SSi/c1-25-23-41(35(44)40-33(25)43)37(24-49-7)34(50(8)9)39(45,36(2,3)4)32(48-37)31(42)38(26-13-11-10-12-14-26,27-15-19-29(46-5)20-16-27)28-17-21-30(47-6)22-18-28/h10-23,31-32,34,42,45,50H,24H2,1-9H3,(H,40,43,44)/t31?,32-,34?,37-,39-/m1/s1. The Morgan fingerprint density at radius 3 is 1.86 bits per heavy atom. The molecule has 0 bridgehead atoms. The molecule has 50 heavy (non-hydrogen) atoms. The summed E-state index contributed by atoms with van der Waals surface area (Å²) in [4.78, 5) is 28.9. The lowest BCUT2D eigenvalue weighted by Crippen LogP contribution is -2.63. The van der Waals surface area contributed by atoms with Crippen molar-refractivity contribution >= 4 is 20.6 Å². The van der Waals surface area contributed by atoms with Gasteiger partial charge in [-0.1, -0.05) is 88.5 Å². The number of methoxy groups -OCH3 is 2. The third-order valence-electron chi connectivity index (χ3n) is 10.5. The van der Waals surface area contributed by atoms with Crippen LogP contribution in [0.2, 0.25) is 18.6 Å². The molecule has 0 amide bonds. The summed E-state index contributed by atoms with van der Waals surface area (Å²) in [5, 5.41) is 27.1. The average Bonchev–Trinajstić information content (AvgIpc) is 3.38. The normalized spacial score (nSPS) is 23.2.